The van der Waals surface area contributed by atoms with Gasteiger partial charge in [-0.1, -0.05) is 42.5 Å². The number of Topliss-reactive ketones (excluding diaryl/α,β-unsaturated/α-hetero) is 1. The summed E-state index contributed by atoms with van der Waals surface area (Å²) in [7, 11) is 4.68. The van der Waals surface area contributed by atoms with E-state index in [0.717, 1.165) is 68.5 Å². The van der Waals surface area contributed by atoms with E-state index in [4.69, 9.17) is 23.6 Å². The van der Waals surface area contributed by atoms with Gasteiger partial charge in [-0.15, -0.1) is 0 Å². The van der Waals surface area contributed by atoms with Crippen LogP contribution in [0.3, 0.4) is 0 Å². The molecule has 0 bridgehead atoms. The smallest absolute Gasteiger partial charge is 0.254 e. The third-order valence-corrected chi connectivity index (χ3v) is 10.8. The summed E-state index contributed by atoms with van der Waals surface area (Å²) < 4.78 is 24.2. The van der Waals surface area contributed by atoms with Crippen molar-refractivity contribution in [1.29, 1.82) is 0 Å². The topological polar surface area (TPSA) is 99.3 Å². The van der Waals surface area contributed by atoms with Crippen LogP contribution in [-0.4, -0.2) is 85.1 Å². The molecule has 10 nitrogen and oxygen atoms in total. The predicted molar refractivity (Wildman–Crippen MR) is 195 cm³/mol. The van der Waals surface area contributed by atoms with Crippen LogP contribution >= 0.6 is 0 Å². The molecule has 2 aromatic heterocycles. The van der Waals surface area contributed by atoms with E-state index < -0.39 is 0 Å². The van der Waals surface area contributed by atoms with E-state index in [1.807, 2.05) is 51.9 Å². The van der Waals surface area contributed by atoms with Crippen molar-refractivity contribution in [2.24, 2.45) is 5.92 Å². The molecule has 3 aromatic carbocycles. The van der Waals surface area contributed by atoms with Gasteiger partial charge in [-0.3, -0.25) is 9.59 Å². The number of benzene rings is 3. The first-order valence-corrected chi connectivity index (χ1v) is 17.8. The standard InChI is InChI=1S/C41H46N4O6/c1-48-35-25-30(26-36(49-2)38(35)50-3)40(47)44-20-10-18-41(28-44,31-11-5-4-6-12-31)19-23-43-21-16-29(17-22-43)37(46)39-42-33-14-7-8-15-34(33)45(39)27-32-13-9-24-51-32/h4-9,11-15,24-26,29H,10,16-23,27-28H2,1-3H3. The second-order valence-corrected chi connectivity index (χ2v) is 13.7. The molecule has 51 heavy (non-hydrogen) atoms. The van der Waals surface area contributed by atoms with Gasteiger partial charge in [0.05, 0.1) is 45.2 Å². The van der Waals surface area contributed by atoms with Gasteiger partial charge in [-0.2, -0.15) is 0 Å². The molecule has 0 radical (unpaired) electrons. The largest absolute Gasteiger partial charge is 0.493 e. The molecule has 2 aliphatic heterocycles. The Kier molecular flexibility index (Phi) is 10.1. The lowest BCUT2D eigenvalue weighted by atomic mass is 9.71. The second kappa shape index (κ2) is 15.0. The summed E-state index contributed by atoms with van der Waals surface area (Å²) in [6.07, 6.45) is 6.04. The number of fused-ring (bicyclic) bond motifs is 1. The molecule has 7 rings (SSSR count). The summed E-state index contributed by atoms with van der Waals surface area (Å²) in [4.78, 5) is 37.3. The van der Waals surface area contributed by atoms with Gasteiger partial charge in [0.1, 0.15) is 5.76 Å². The molecule has 266 valence electrons. The highest BCUT2D eigenvalue weighted by Crippen LogP contribution is 2.41. The highest BCUT2D eigenvalue weighted by molar-refractivity contribution is 5.98. The summed E-state index contributed by atoms with van der Waals surface area (Å²) in [5.74, 6) is 2.66. The number of nitrogens with zero attached hydrogens (tertiary/aromatic N) is 4. The van der Waals surface area contributed by atoms with Crippen LogP contribution in [0.2, 0.25) is 0 Å². The molecule has 2 fully saturated rings. The zero-order valence-corrected chi connectivity index (χ0v) is 29.7. The van der Waals surface area contributed by atoms with Crippen molar-refractivity contribution in [3.05, 3.63) is 108 Å². The summed E-state index contributed by atoms with van der Waals surface area (Å²) >= 11 is 0. The van der Waals surface area contributed by atoms with Crippen molar-refractivity contribution in [3.63, 3.8) is 0 Å². The molecule has 1 unspecified atom stereocenters. The first kappa shape index (κ1) is 34.4. The minimum absolute atomic E-state index is 0.0494. The maximum atomic E-state index is 14.1. The Morgan fingerprint density at radius 1 is 0.882 bits per heavy atom. The maximum absolute atomic E-state index is 14.1. The van der Waals surface area contributed by atoms with E-state index in [9.17, 15) is 9.59 Å². The molecule has 0 N–H and O–H groups in total. The van der Waals surface area contributed by atoms with Gasteiger partial charge in [-0.25, -0.2) is 4.98 Å². The Hall–Kier alpha value is -5.09. The number of ether oxygens (including phenoxy) is 3. The van der Waals surface area contributed by atoms with Gasteiger partial charge in [-0.05, 0) is 93.7 Å². The summed E-state index contributed by atoms with van der Waals surface area (Å²) in [6.45, 7) is 4.34. The Bertz CT molecular complexity index is 1940. The number of aromatic nitrogens is 2. The highest BCUT2D eigenvalue weighted by Gasteiger charge is 2.40. The normalized spacial score (nSPS) is 18.5. The lowest BCUT2D eigenvalue weighted by Gasteiger charge is -2.45. The average Bonchev–Trinajstić information content (AvgIpc) is 3.85. The van der Waals surface area contributed by atoms with Crippen LogP contribution in [0.5, 0.6) is 17.2 Å². The number of ketones is 1. The van der Waals surface area contributed by atoms with Gasteiger partial charge < -0.3 is 33.0 Å². The van der Waals surface area contributed by atoms with E-state index in [-0.39, 0.29) is 23.0 Å². The van der Waals surface area contributed by atoms with Crippen molar-refractivity contribution >= 4 is 22.7 Å². The number of amides is 1. The number of piperidine rings is 2. The van der Waals surface area contributed by atoms with E-state index in [2.05, 4.69) is 29.2 Å². The van der Waals surface area contributed by atoms with Crippen molar-refractivity contribution in [3.8, 4) is 17.2 Å². The first-order chi connectivity index (χ1) is 24.9. The van der Waals surface area contributed by atoms with Crippen LogP contribution in [0.15, 0.2) is 89.5 Å². The van der Waals surface area contributed by atoms with Crippen molar-refractivity contribution in [1.82, 2.24) is 19.4 Å². The number of carbonyl (C=O) groups excluding carboxylic acids is 2. The molecule has 5 aromatic rings. The third kappa shape index (κ3) is 6.97. The Morgan fingerprint density at radius 3 is 2.29 bits per heavy atom. The fourth-order valence-corrected chi connectivity index (χ4v) is 8.02. The molecule has 1 amide bonds. The van der Waals surface area contributed by atoms with Crippen LogP contribution in [0.25, 0.3) is 11.0 Å². The zero-order chi connectivity index (χ0) is 35.4. The van der Waals surface area contributed by atoms with E-state index in [1.54, 1.807) is 39.7 Å². The van der Waals surface area contributed by atoms with Crippen molar-refractivity contribution < 1.29 is 28.2 Å². The number of imidazole rings is 1. The van der Waals surface area contributed by atoms with Gasteiger partial charge in [0.25, 0.3) is 5.91 Å². The summed E-state index contributed by atoms with van der Waals surface area (Å²) in [6, 6.07) is 25.8. The molecule has 4 heterocycles. The Morgan fingerprint density at radius 2 is 1.61 bits per heavy atom. The summed E-state index contributed by atoms with van der Waals surface area (Å²) in [5.41, 5.74) is 3.33. The minimum Gasteiger partial charge on any atom is -0.493 e. The van der Waals surface area contributed by atoms with E-state index in [0.29, 0.717) is 48.3 Å². The molecule has 0 aliphatic carbocycles. The van der Waals surface area contributed by atoms with Gasteiger partial charge in [0.15, 0.2) is 17.3 Å². The molecular formula is C41H46N4O6. The first-order valence-electron chi connectivity index (χ1n) is 17.8. The van der Waals surface area contributed by atoms with Gasteiger partial charge >= 0.3 is 0 Å². The fraction of sp³-hybridized carbons (Fsp3) is 0.390. The van der Waals surface area contributed by atoms with Gasteiger partial charge in [0, 0.05) is 30.0 Å². The number of likely N-dealkylation sites (tertiary alicyclic amines) is 2. The molecule has 10 heteroatoms. The number of furan rings is 1. The number of carbonyl (C=O) groups is 2. The second-order valence-electron chi connectivity index (χ2n) is 13.7. The number of para-hydroxylation sites is 2. The fourth-order valence-electron chi connectivity index (χ4n) is 8.02. The van der Waals surface area contributed by atoms with Crippen LogP contribution in [0.1, 0.15) is 64.4 Å². The van der Waals surface area contributed by atoms with Crippen molar-refractivity contribution in [2.45, 2.75) is 44.1 Å². The summed E-state index contributed by atoms with van der Waals surface area (Å²) in [5, 5.41) is 0. The highest BCUT2D eigenvalue weighted by atomic mass is 16.5. The molecule has 1 atom stereocenters. The third-order valence-electron chi connectivity index (χ3n) is 10.8. The van der Waals surface area contributed by atoms with E-state index in [1.165, 1.54) is 5.56 Å². The minimum atomic E-state index is -0.195. The SMILES string of the molecule is COc1cc(C(=O)N2CCCC(CCN3CCC(C(=O)c4nc5ccccc5n4Cc4ccco4)CC3)(c3ccccc3)C2)cc(OC)c1OC. The number of hydrogen-bond donors (Lipinski definition) is 0. The molecule has 2 saturated heterocycles. The quantitative estimate of drug-likeness (QED) is 0.131. The lowest BCUT2D eigenvalue weighted by Crippen LogP contribution is -2.50. The molecule has 2 aliphatic rings. The Labute approximate surface area is 298 Å². The number of rotatable bonds is 12. The average molecular weight is 691 g/mol. The van der Waals surface area contributed by atoms with Gasteiger partial charge in [0.2, 0.25) is 11.5 Å². The zero-order valence-electron chi connectivity index (χ0n) is 29.7. The van der Waals surface area contributed by atoms with Crippen LogP contribution < -0.4 is 14.2 Å². The number of hydrogen-bond acceptors (Lipinski definition) is 8. The van der Waals surface area contributed by atoms with Crippen molar-refractivity contribution in [2.75, 3.05) is 54.1 Å². The molecular weight excluding hydrogens is 644 g/mol. The number of methoxy groups -OCH3 is 3. The molecule has 0 spiro atoms. The molecule has 0 saturated carbocycles. The van der Waals surface area contributed by atoms with Crippen LogP contribution in [-0.2, 0) is 12.0 Å². The predicted octanol–water partition coefficient (Wildman–Crippen LogP) is 6.86. The lowest BCUT2D eigenvalue weighted by molar-refractivity contribution is 0.0600. The van der Waals surface area contributed by atoms with Crippen LogP contribution in [0, 0.1) is 5.92 Å². The monoisotopic (exact) mass is 690 g/mol. The van der Waals surface area contributed by atoms with Crippen LogP contribution in [0.4, 0.5) is 0 Å². The Balaban J connectivity index is 1.05. The maximum Gasteiger partial charge on any atom is 0.254 e. The van der Waals surface area contributed by atoms with E-state index >= 15 is 0 Å².